The van der Waals surface area contributed by atoms with Crippen molar-refractivity contribution in [3.8, 4) is 0 Å². The van der Waals surface area contributed by atoms with Gasteiger partial charge in [0.1, 0.15) is 0 Å². The molecule has 1 atom stereocenters. The van der Waals surface area contributed by atoms with E-state index in [-0.39, 0.29) is 5.54 Å². The summed E-state index contributed by atoms with van der Waals surface area (Å²) in [6, 6.07) is 0.573. The van der Waals surface area contributed by atoms with Gasteiger partial charge >= 0.3 is 0 Å². The van der Waals surface area contributed by atoms with Crippen LogP contribution in [0.25, 0.3) is 0 Å². The van der Waals surface area contributed by atoms with Crippen LogP contribution in [0.15, 0.2) is 12.4 Å². The van der Waals surface area contributed by atoms with Crippen molar-refractivity contribution < 1.29 is 0 Å². The molecular formula is C14H24N4. The zero-order chi connectivity index (χ0) is 13.2. The Morgan fingerprint density at radius 3 is 2.50 bits per heavy atom. The van der Waals surface area contributed by atoms with Gasteiger partial charge in [0.2, 0.25) is 5.95 Å². The highest BCUT2D eigenvalue weighted by molar-refractivity contribution is 5.33. The molecular weight excluding hydrogens is 224 g/mol. The van der Waals surface area contributed by atoms with Crippen LogP contribution in [0.4, 0.5) is 5.95 Å². The minimum Gasteiger partial charge on any atom is -0.338 e. The molecule has 1 aromatic rings. The quantitative estimate of drug-likeness (QED) is 0.891. The Bertz CT molecular complexity index is 380. The minimum atomic E-state index is 0.127. The third-order valence-electron chi connectivity index (χ3n) is 3.32. The second kappa shape index (κ2) is 5.22. The molecule has 4 nitrogen and oxygen atoms in total. The van der Waals surface area contributed by atoms with Crippen LogP contribution in [0.5, 0.6) is 0 Å². The van der Waals surface area contributed by atoms with Gasteiger partial charge in [0.05, 0.1) is 0 Å². The zero-order valence-electron chi connectivity index (χ0n) is 11.9. The van der Waals surface area contributed by atoms with Crippen molar-refractivity contribution in [3.63, 3.8) is 0 Å². The summed E-state index contributed by atoms with van der Waals surface area (Å²) in [6.07, 6.45) is 6.37. The van der Waals surface area contributed by atoms with E-state index < -0.39 is 0 Å². The molecule has 1 saturated heterocycles. The van der Waals surface area contributed by atoms with Gasteiger partial charge < -0.3 is 10.2 Å². The monoisotopic (exact) mass is 248 g/mol. The lowest BCUT2D eigenvalue weighted by Gasteiger charge is -2.22. The molecule has 0 amide bonds. The summed E-state index contributed by atoms with van der Waals surface area (Å²) in [4.78, 5) is 11.3. The first-order chi connectivity index (χ1) is 8.46. The first-order valence-electron chi connectivity index (χ1n) is 6.78. The Balaban J connectivity index is 1.97. The Morgan fingerprint density at radius 1 is 1.33 bits per heavy atom. The summed E-state index contributed by atoms with van der Waals surface area (Å²) >= 11 is 0. The number of aromatic nitrogens is 2. The average Bonchev–Trinajstić information content (AvgIpc) is 2.73. The highest BCUT2D eigenvalue weighted by Gasteiger charge is 2.22. The maximum absolute atomic E-state index is 4.49. The van der Waals surface area contributed by atoms with Crippen molar-refractivity contribution in [1.29, 1.82) is 0 Å². The molecule has 0 aliphatic carbocycles. The first kappa shape index (κ1) is 13.3. The summed E-state index contributed by atoms with van der Waals surface area (Å²) in [5, 5.41) is 3.44. The van der Waals surface area contributed by atoms with Gasteiger partial charge in [-0.15, -0.1) is 0 Å². The van der Waals surface area contributed by atoms with Gasteiger partial charge in [0, 0.05) is 42.6 Å². The fourth-order valence-electron chi connectivity index (χ4n) is 2.19. The Labute approximate surface area is 110 Å². The molecule has 0 bridgehead atoms. The normalized spacial score (nSPS) is 20.4. The number of nitrogens with one attached hydrogen (secondary N) is 1. The van der Waals surface area contributed by atoms with E-state index in [0.717, 1.165) is 24.6 Å². The largest absolute Gasteiger partial charge is 0.338 e. The lowest BCUT2D eigenvalue weighted by atomic mass is 10.1. The van der Waals surface area contributed by atoms with Crippen LogP contribution in [-0.4, -0.2) is 28.1 Å². The van der Waals surface area contributed by atoms with Gasteiger partial charge in [-0.25, -0.2) is 9.97 Å². The molecule has 0 spiro atoms. The fraction of sp³-hybridized carbons (Fsp3) is 0.714. The second-order valence-corrected chi connectivity index (χ2v) is 6.18. The molecule has 2 heterocycles. The lowest BCUT2D eigenvalue weighted by Crippen LogP contribution is -2.35. The van der Waals surface area contributed by atoms with E-state index in [4.69, 9.17) is 0 Å². The summed E-state index contributed by atoms with van der Waals surface area (Å²) in [5.74, 6) is 0.875. The van der Waals surface area contributed by atoms with Gasteiger partial charge in [-0.2, -0.15) is 0 Å². The molecule has 4 heteroatoms. The number of anilines is 1. The van der Waals surface area contributed by atoms with Crippen molar-refractivity contribution in [1.82, 2.24) is 15.3 Å². The van der Waals surface area contributed by atoms with Crippen LogP contribution >= 0.6 is 0 Å². The van der Waals surface area contributed by atoms with E-state index in [9.17, 15) is 0 Å². The highest BCUT2D eigenvalue weighted by Crippen LogP contribution is 2.21. The van der Waals surface area contributed by atoms with E-state index in [1.165, 1.54) is 12.8 Å². The number of hydrogen-bond donors (Lipinski definition) is 1. The average molecular weight is 248 g/mol. The van der Waals surface area contributed by atoms with Crippen LogP contribution < -0.4 is 10.2 Å². The van der Waals surface area contributed by atoms with E-state index in [2.05, 4.69) is 47.9 Å². The number of hydrogen-bond acceptors (Lipinski definition) is 4. The fourth-order valence-corrected chi connectivity index (χ4v) is 2.19. The van der Waals surface area contributed by atoms with Gasteiger partial charge in [-0.05, 0) is 40.5 Å². The van der Waals surface area contributed by atoms with Crippen LogP contribution in [0.1, 0.15) is 46.1 Å². The van der Waals surface area contributed by atoms with Gasteiger partial charge in [0.15, 0.2) is 0 Å². The van der Waals surface area contributed by atoms with Crippen LogP contribution in [0, 0.1) is 0 Å². The maximum Gasteiger partial charge on any atom is 0.225 e. The molecule has 0 saturated carbocycles. The van der Waals surface area contributed by atoms with Crippen LogP contribution in [0.2, 0.25) is 0 Å². The minimum absolute atomic E-state index is 0.127. The molecule has 1 aliphatic rings. The van der Waals surface area contributed by atoms with E-state index in [1.807, 2.05) is 12.4 Å². The molecule has 0 radical (unpaired) electrons. The van der Waals surface area contributed by atoms with E-state index in [0.29, 0.717) is 6.04 Å². The van der Waals surface area contributed by atoms with Crippen LogP contribution in [-0.2, 0) is 6.54 Å². The Hall–Kier alpha value is -1.16. The number of nitrogens with zero attached hydrogens (tertiary/aromatic N) is 3. The predicted octanol–water partition coefficient (Wildman–Crippen LogP) is 2.35. The smallest absolute Gasteiger partial charge is 0.225 e. The predicted molar refractivity (Wildman–Crippen MR) is 74.7 cm³/mol. The van der Waals surface area contributed by atoms with Crippen molar-refractivity contribution in [2.75, 3.05) is 11.4 Å². The third kappa shape index (κ3) is 3.42. The SMILES string of the molecule is CC1CCCN1c1ncc(CNC(C)(C)C)cn1. The second-order valence-electron chi connectivity index (χ2n) is 6.18. The lowest BCUT2D eigenvalue weighted by molar-refractivity contribution is 0.423. The standard InChI is InChI=1S/C14H24N4/c1-11-6-5-7-18(11)13-15-8-12(9-16-13)10-17-14(2,3)4/h8-9,11,17H,5-7,10H2,1-4H3. The third-order valence-corrected chi connectivity index (χ3v) is 3.32. The van der Waals surface area contributed by atoms with Crippen molar-refractivity contribution >= 4 is 5.95 Å². The molecule has 1 fully saturated rings. The highest BCUT2D eigenvalue weighted by atomic mass is 15.3. The Morgan fingerprint density at radius 2 is 2.00 bits per heavy atom. The maximum atomic E-state index is 4.49. The van der Waals surface area contributed by atoms with E-state index >= 15 is 0 Å². The van der Waals surface area contributed by atoms with Gasteiger partial charge in [-0.3, -0.25) is 0 Å². The van der Waals surface area contributed by atoms with Crippen molar-refractivity contribution in [3.05, 3.63) is 18.0 Å². The van der Waals surface area contributed by atoms with Crippen LogP contribution in [0.3, 0.4) is 0 Å². The topological polar surface area (TPSA) is 41.1 Å². The van der Waals surface area contributed by atoms with E-state index in [1.54, 1.807) is 0 Å². The van der Waals surface area contributed by atoms with Crippen molar-refractivity contribution in [2.45, 2.75) is 58.7 Å². The summed E-state index contributed by atoms with van der Waals surface area (Å²) in [7, 11) is 0. The molecule has 1 aliphatic heterocycles. The van der Waals surface area contributed by atoms with Crippen molar-refractivity contribution in [2.24, 2.45) is 0 Å². The summed E-state index contributed by atoms with van der Waals surface area (Å²) in [5.41, 5.74) is 1.27. The molecule has 100 valence electrons. The first-order valence-corrected chi connectivity index (χ1v) is 6.78. The van der Waals surface area contributed by atoms with Gasteiger partial charge in [0.25, 0.3) is 0 Å². The molecule has 1 N–H and O–H groups in total. The van der Waals surface area contributed by atoms with Gasteiger partial charge in [-0.1, -0.05) is 0 Å². The Kier molecular flexibility index (Phi) is 3.85. The summed E-state index contributed by atoms with van der Waals surface area (Å²) in [6.45, 7) is 10.6. The summed E-state index contributed by atoms with van der Waals surface area (Å²) < 4.78 is 0. The molecule has 18 heavy (non-hydrogen) atoms. The molecule has 0 aromatic carbocycles. The molecule has 1 aromatic heterocycles. The zero-order valence-corrected chi connectivity index (χ0v) is 11.9. The molecule has 2 rings (SSSR count). The molecule has 1 unspecified atom stereocenters. The number of rotatable bonds is 3.